The van der Waals surface area contributed by atoms with Gasteiger partial charge in [0, 0.05) is 6.54 Å². The number of nitrogens with zero attached hydrogens (tertiary/aromatic N) is 2. The average Bonchev–Trinajstić information content (AvgIpc) is 2.73. The maximum atomic E-state index is 13.1. The molecular weight excluding hydrogens is 209 g/mol. The minimum atomic E-state index is -0.486. The number of anilines is 1. The van der Waals surface area contributed by atoms with Gasteiger partial charge < -0.3 is 10.5 Å². The van der Waals surface area contributed by atoms with E-state index in [0.29, 0.717) is 11.5 Å². The lowest BCUT2D eigenvalue weighted by atomic mass is 10.3. The molecule has 0 unspecified atom stereocenters. The zero-order chi connectivity index (χ0) is 11.5. The van der Waals surface area contributed by atoms with Crippen LogP contribution in [0.1, 0.15) is 6.92 Å². The van der Waals surface area contributed by atoms with E-state index in [2.05, 4.69) is 5.10 Å². The number of aromatic nitrogens is 2. The van der Waals surface area contributed by atoms with E-state index in [4.69, 9.17) is 10.5 Å². The summed E-state index contributed by atoms with van der Waals surface area (Å²) in [4.78, 5) is 0. The molecule has 1 aromatic carbocycles. The fourth-order valence-corrected chi connectivity index (χ4v) is 1.30. The van der Waals surface area contributed by atoms with Crippen molar-refractivity contribution < 1.29 is 9.13 Å². The summed E-state index contributed by atoms with van der Waals surface area (Å²) in [5, 5.41) is 4.04. The number of nitrogen functional groups attached to an aromatic ring is 1. The lowest BCUT2D eigenvalue weighted by Crippen LogP contribution is -1.95. The van der Waals surface area contributed by atoms with E-state index in [1.807, 2.05) is 6.92 Å². The molecule has 5 heteroatoms. The van der Waals surface area contributed by atoms with Gasteiger partial charge in [-0.1, -0.05) is 6.07 Å². The Labute approximate surface area is 92.4 Å². The number of nitrogens with two attached hydrogens (primary N) is 1. The molecule has 0 atom stereocenters. The summed E-state index contributed by atoms with van der Waals surface area (Å²) in [6.07, 6.45) is 3.29. The van der Waals surface area contributed by atoms with Crippen LogP contribution in [0.5, 0.6) is 11.5 Å². The van der Waals surface area contributed by atoms with E-state index in [1.54, 1.807) is 29.2 Å². The van der Waals surface area contributed by atoms with Gasteiger partial charge in [-0.3, -0.25) is 4.68 Å². The van der Waals surface area contributed by atoms with Gasteiger partial charge >= 0.3 is 0 Å². The molecule has 2 aromatic rings. The standard InChI is InChI=1S/C11H12FN3O/c1-2-15-7-8(6-14-15)16-10-5-3-4-9(12)11(10)13/h3-7H,2,13H2,1H3. The number of aryl methyl sites for hydroxylation is 1. The average molecular weight is 221 g/mol. The van der Waals surface area contributed by atoms with Crippen LogP contribution in [0.15, 0.2) is 30.6 Å². The van der Waals surface area contributed by atoms with Gasteiger partial charge in [0.15, 0.2) is 11.5 Å². The maximum Gasteiger partial charge on any atom is 0.165 e. The molecule has 16 heavy (non-hydrogen) atoms. The molecule has 1 heterocycles. The number of rotatable bonds is 3. The van der Waals surface area contributed by atoms with Crippen molar-refractivity contribution in [2.45, 2.75) is 13.5 Å². The van der Waals surface area contributed by atoms with Crippen LogP contribution < -0.4 is 10.5 Å². The highest BCUT2D eigenvalue weighted by molar-refractivity contribution is 5.54. The number of ether oxygens (including phenoxy) is 1. The van der Waals surface area contributed by atoms with E-state index in [1.165, 1.54) is 6.07 Å². The van der Waals surface area contributed by atoms with Crippen LogP contribution in [0.3, 0.4) is 0 Å². The molecule has 0 amide bonds. The number of hydrogen-bond donors (Lipinski definition) is 1. The van der Waals surface area contributed by atoms with Crippen molar-refractivity contribution in [1.82, 2.24) is 9.78 Å². The fourth-order valence-electron chi connectivity index (χ4n) is 1.30. The Hall–Kier alpha value is -2.04. The first-order valence-electron chi connectivity index (χ1n) is 4.95. The second kappa shape index (κ2) is 4.22. The second-order valence-corrected chi connectivity index (χ2v) is 3.29. The summed E-state index contributed by atoms with van der Waals surface area (Å²) < 4.78 is 20.3. The fraction of sp³-hybridized carbons (Fsp3) is 0.182. The van der Waals surface area contributed by atoms with E-state index < -0.39 is 5.82 Å². The lowest BCUT2D eigenvalue weighted by Gasteiger charge is -2.06. The van der Waals surface area contributed by atoms with Crippen LogP contribution in [0.25, 0.3) is 0 Å². The van der Waals surface area contributed by atoms with Crippen LogP contribution in [0.4, 0.5) is 10.1 Å². The Morgan fingerprint density at radius 1 is 1.50 bits per heavy atom. The smallest absolute Gasteiger partial charge is 0.165 e. The third-order valence-electron chi connectivity index (χ3n) is 2.17. The normalized spacial score (nSPS) is 10.4. The molecule has 0 saturated heterocycles. The molecule has 0 bridgehead atoms. The van der Waals surface area contributed by atoms with Gasteiger partial charge in [0.2, 0.25) is 0 Å². The van der Waals surface area contributed by atoms with Crippen molar-refractivity contribution in [1.29, 1.82) is 0 Å². The van der Waals surface area contributed by atoms with E-state index in [0.717, 1.165) is 6.54 Å². The Balaban J connectivity index is 2.23. The monoisotopic (exact) mass is 221 g/mol. The molecule has 0 aliphatic heterocycles. The zero-order valence-corrected chi connectivity index (χ0v) is 8.85. The minimum absolute atomic E-state index is 0.00625. The number of benzene rings is 1. The van der Waals surface area contributed by atoms with Crippen LogP contribution >= 0.6 is 0 Å². The molecule has 2 N–H and O–H groups in total. The summed E-state index contributed by atoms with van der Waals surface area (Å²) in [5.74, 6) is 0.357. The largest absolute Gasteiger partial charge is 0.452 e. The predicted molar refractivity (Wildman–Crippen MR) is 58.8 cm³/mol. The number of hydrogen-bond acceptors (Lipinski definition) is 3. The Morgan fingerprint density at radius 3 is 3.00 bits per heavy atom. The lowest BCUT2D eigenvalue weighted by molar-refractivity contribution is 0.479. The van der Waals surface area contributed by atoms with Gasteiger partial charge in [-0.15, -0.1) is 0 Å². The third-order valence-corrected chi connectivity index (χ3v) is 2.17. The minimum Gasteiger partial charge on any atom is -0.452 e. The highest BCUT2D eigenvalue weighted by atomic mass is 19.1. The van der Waals surface area contributed by atoms with E-state index >= 15 is 0 Å². The third kappa shape index (κ3) is 1.98. The molecule has 4 nitrogen and oxygen atoms in total. The summed E-state index contributed by atoms with van der Waals surface area (Å²) in [7, 11) is 0. The summed E-state index contributed by atoms with van der Waals surface area (Å²) in [6, 6.07) is 4.45. The first-order chi connectivity index (χ1) is 7.70. The van der Waals surface area contributed by atoms with Crippen molar-refractivity contribution in [2.24, 2.45) is 0 Å². The molecule has 2 rings (SSSR count). The summed E-state index contributed by atoms with van der Waals surface area (Å²) >= 11 is 0. The first-order valence-corrected chi connectivity index (χ1v) is 4.95. The molecule has 0 spiro atoms. The van der Waals surface area contributed by atoms with Crippen LogP contribution in [-0.4, -0.2) is 9.78 Å². The predicted octanol–water partition coefficient (Wildman–Crippen LogP) is 2.42. The van der Waals surface area contributed by atoms with Crippen molar-refractivity contribution in [3.05, 3.63) is 36.4 Å². The van der Waals surface area contributed by atoms with Gasteiger partial charge in [-0.2, -0.15) is 5.10 Å². The van der Waals surface area contributed by atoms with Crippen LogP contribution in [0, 0.1) is 5.82 Å². The molecule has 0 radical (unpaired) electrons. The van der Waals surface area contributed by atoms with Crippen molar-refractivity contribution in [3.8, 4) is 11.5 Å². The Kier molecular flexibility index (Phi) is 2.76. The molecule has 0 saturated carbocycles. The molecule has 1 aromatic heterocycles. The van der Waals surface area contributed by atoms with Crippen LogP contribution in [0.2, 0.25) is 0 Å². The maximum absolute atomic E-state index is 13.1. The second-order valence-electron chi connectivity index (χ2n) is 3.29. The van der Waals surface area contributed by atoms with Gasteiger partial charge in [-0.25, -0.2) is 4.39 Å². The molecule has 0 aliphatic rings. The van der Waals surface area contributed by atoms with Gasteiger partial charge in [0.05, 0.1) is 12.4 Å². The zero-order valence-electron chi connectivity index (χ0n) is 8.85. The molecule has 84 valence electrons. The van der Waals surface area contributed by atoms with Crippen molar-refractivity contribution in [2.75, 3.05) is 5.73 Å². The molecule has 0 fully saturated rings. The topological polar surface area (TPSA) is 53.1 Å². The Bertz CT molecular complexity index is 496. The van der Waals surface area contributed by atoms with Crippen molar-refractivity contribution in [3.63, 3.8) is 0 Å². The van der Waals surface area contributed by atoms with Crippen molar-refractivity contribution >= 4 is 5.69 Å². The van der Waals surface area contributed by atoms with E-state index in [9.17, 15) is 4.39 Å². The van der Waals surface area contributed by atoms with Gasteiger partial charge in [-0.05, 0) is 19.1 Å². The highest BCUT2D eigenvalue weighted by Gasteiger charge is 2.07. The summed E-state index contributed by atoms with van der Waals surface area (Å²) in [6.45, 7) is 2.72. The number of halogens is 1. The summed E-state index contributed by atoms with van der Waals surface area (Å²) in [5.41, 5.74) is 5.55. The van der Waals surface area contributed by atoms with E-state index in [-0.39, 0.29) is 5.69 Å². The number of para-hydroxylation sites is 1. The van der Waals surface area contributed by atoms with Gasteiger partial charge in [0.1, 0.15) is 11.5 Å². The van der Waals surface area contributed by atoms with Gasteiger partial charge in [0.25, 0.3) is 0 Å². The highest BCUT2D eigenvalue weighted by Crippen LogP contribution is 2.28. The molecular formula is C11H12FN3O. The Morgan fingerprint density at radius 2 is 2.31 bits per heavy atom. The van der Waals surface area contributed by atoms with Crippen LogP contribution in [-0.2, 0) is 6.54 Å². The molecule has 0 aliphatic carbocycles. The first kappa shape index (κ1) is 10.5. The quantitative estimate of drug-likeness (QED) is 0.810. The SMILES string of the molecule is CCn1cc(Oc2cccc(F)c2N)cn1.